The van der Waals surface area contributed by atoms with E-state index >= 15 is 0 Å². The highest BCUT2D eigenvalue weighted by Gasteiger charge is 2.11. The summed E-state index contributed by atoms with van der Waals surface area (Å²) in [5.74, 6) is 0.724. The van der Waals surface area contributed by atoms with Gasteiger partial charge in [-0.15, -0.1) is 0 Å². The van der Waals surface area contributed by atoms with Crippen LogP contribution in [0.4, 0.5) is 17.3 Å². The lowest BCUT2D eigenvalue weighted by Gasteiger charge is -2.22. The van der Waals surface area contributed by atoms with Crippen molar-refractivity contribution in [2.45, 2.75) is 6.92 Å². The van der Waals surface area contributed by atoms with Crippen LogP contribution in [0, 0.1) is 0 Å². The van der Waals surface area contributed by atoms with Crippen molar-refractivity contribution in [3.63, 3.8) is 0 Å². The minimum Gasteiger partial charge on any atom is -0.369 e. The van der Waals surface area contributed by atoms with Gasteiger partial charge >= 0.3 is 16.3 Å². The van der Waals surface area contributed by atoms with Gasteiger partial charge in [0.05, 0.1) is 33.1 Å². The number of azo groups is 1. The van der Waals surface area contributed by atoms with Gasteiger partial charge in [-0.3, -0.25) is 4.55 Å². The Bertz CT molecular complexity index is 811. The van der Waals surface area contributed by atoms with Crippen molar-refractivity contribution in [3.8, 4) is 0 Å². The van der Waals surface area contributed by atoms with Crippen LogP contribution in [0.3, 0.4) is 0 Å². The van der Waals surface area contributed by atoms with Crippen LogP contribution in [0.5, 0.6) is 0 Å². The molecule has 1 aromatic heterocycles. The molecule has 2 aromatic rings. The normalized spacial score (nSPS) is 12.0. The van der Waals surface area contributed by atoms with Gasteiger partial charge in [-0.2, -0.15) is 8.42 Å². The van der Waals surface area contributed by atoms with E-state index in [2.05, 4.69) is 14.4 Å². The third-order valence-corrected chi connectivity index (χ3v) is 4.05. The lowest BCUT2D eigenvalue weighted by atomic mass is 10.2. The highest BCUT2D eigenvalue weighted by atomic mass is 32.3. The van der Waals surface area contributed by atoms with E-state index in [1.165, 1.54) is 0 Å². The quantitative estimate of drug-likeness (QED) is 0.436. The molecule has 0 unspecified atom stereocenters. The average Bonchev–Trinajstić information content (AvgIpc) is 2.88. The molecule has 1 aromatic carbocycles. The standard InChI is InChI=1S/C15H21N5O4S/c1-4-20(11-12-24-25(21,22)23)14-7-5-13(6-8-14)16-17-15-18(2)9-10-19(15)3/h5-10H,4,11-12H2,1-3H3/p+1. The molecule has 9 nitrogen and oxygen atoms in total. The second-order valence-electron chi connectivity index (χ2n) is 5.37. The van der Waals surface area contributed by atoms with E-state index in [4.69, 9.17) is 4.55 Å². The molecule has 25 heavy (non-hydrogen) atoms. The van der Waals surface area contributed by atoms with Crippen molar-refractivity contribution in [1.82, 2.24) is 4.57 Å². The summed E-state index contributed by atoms with van der Waals surface area (Å²) in [6, 6.07) is 7.40. The molecule has 1 heterocycles. The third-order valence-electron chi connectivity index (χ3n) is 3.59. The van der Waals surface area contributed by atoms with Crippen molar-refractivity contribution in [3.05, 3.63) is 36.7 Å². The van der Waals surface area contributed by atoms with Gasteiger partial charge in [0.15, 0.2) is 0 Å². The molecular formula is C15H22N5O4S+. The van der Waals surface area contributed by atoms with Crippen LogP contribution in [0.25, 0.3) is 0 Å². The Morgan fingerprint density at radius 1 is 1.28 bits per heavy atom. The van der Waals surface area contributed by atoms with Gasteiger partial charge in [-0.05, 0) is 31.2 Å². The SMILES string of the molecule is CCN(CCOS(=O)(=O)O)c1ccc(N=Nc2n(C)cc[n+]2C)cc1. The molecule has 1 N–H and O–H groups in total. The molecule has 0 aliphatic rings. The maximum Gasteiger partial charge on any atom is 0.421 e. The monoisotopic (exact) mass is 368 g/mol. The largest absolute Gasteiger partial charge is 0.421 e. The average molecular weight is 368 g/mol. The van der Waals surface area contributed by atoms with Crippen molar-refractivity contribution >= 4 is 27.7 Å². The fraction of sp³-hybridized carbons (Fsp3) is 0.400. The number of rotatable bonds is 8. The number of hydrogen-bond acceptors (Lipinski definition) is 6. The van der Waals surface area contributed by atoms with Gasteiger partial charge in [-0.1, -0.05) is 5.11 Å². The Morgan fingerprint density at radius 3 is 2.48 bits per heavy atom. The van der Waals surface area contributed by atoms with E-state index in [9.17, 15) is 8.42 Å². The van der Waals surface area contributed by atoms with Crippen LogP contribution in [0.15, 0.2) is 46.9 Å². The number of aromatic nitrogens is 2. The summed E-state index contributed by atoms with van der Waals surface area (Å²) in [6.07, 6.45) is 3.79. The molecule has 0 saturated heterocycles. The lowest BCUT2D eigenvalue weighted by Crippen LogP contribution is -2.27. The lowest BCUT2D eigenvalue weighted by molar-refractivity contribution is -0.657. The number of imidazole rings is 1. The summed E-state index contributed by atoms with van der Waals surface area (Å²) in [7, 11) is -0.623. The first-order valence-corrected chi connectivity index (χ1v) is 9.06. The summed E-state index contributed by atoms with van der Waals surface area (Å²) in [4.78, 5) is 1.92. The Kier molecular flexibility index (Phi) is 6.23. The van der Waals surface area contributed by atoms with Gasteiger partial charge in [-0.25, -0.2) is 13.3 Å². The minimum atomic E-state index is -4.41. The third kappa shape index (κ3) is 5.62. The highest BCUT2D eigenvalue weighted by molar-refractivity contribution is 7.80. The summed E-state index contributed by atoms with van der Waals surface area (Å²) < 4.78 is 37.9. The van der Waals surface area contributed by atoms with Crippen LogP contribution < -0.4 is 9.47 Å². The van der Waals surface area contributed by atoms with E-state index in [0.29, 0.717) is 18.8 Å². The zero-order valence-electron chi connectivity index (χ0n) is 14.4. The van der Waals surface area contributed by atoms with Gasteiger partial charge < -0.3 is 4.90 Å². The summed E-state index contributed by atoms with van der Waals surface area (Å²) in [5.41, 5.74) is 1.60. The molecule has 0 bridgehead atoms. The molecule has 0 radical (unpaired) electrons. The zero-order chi connectivity index (χ0) is 18.4. The van der Waals surface area contributed by atoms with Gasteiger partial charge in [0.25, 0.3) is 0 Å². The van der Waals surface area contributed by atoms with Crippen LogP contribution >= 0.6 is 0 Å². The molecule has 0 aliphatic carbocycles. The maximum atomic E-state index is 10.6. The van der Waals surface area contributed by atoms with Crippen LogP contribution in [0.1, 0.15) is 6.92 Å². The van der Waals surface area contributed by atoms with Crippen LogP contribution in [-0.4, -0.2) is 37.2 Å². The second kappa shape index (κ2) is 8.19. The van der Waals surface area contributed by atoms with Crippen molar-refractivity contribution in [1.29, 1.82) is 0 Å². The van der Waals surface area contributed by atoms with E-state index in [0.717, 1.165) is 11.6 Å². The predicted octanol–water partition coefficient (Wildman–Crippen LogP) is 1.91. The van der Waals surface area contributed by atoms with Gasteiger partial charge in [0.1, 0.15) is 5.69 Å². The molecule has 2 rings (SSSR count). The van der Waals surface area contributed by atoms with Gasteiger partial charge in [0.2, 0.25) is 0 Å². The van der Waals surface area contributed by atoms with Gasteiger partial charge in [0, 0.05) is 23.9 Å². The summed E-state index contributed by atoms with van der Waals surface area (Å²) >= 11 is 0. The zero-order valence-corrected chi connectivity index (χ0v) is 15.2. The van der Waals surface area contributed by atoms with Crippen molar-refractivity contribution in [2.24, 2.45) is 24.3 Å². The first-order chi connectivity index (χ1) is 11.8. The Morgan fingerprint density at radius 2 is 1.96 bits per heavy atom. The number of benzene rings is 1. The second-order valence-corrected chi connectivity index (χ2v) is 6.46. The molecule has 0 amide bonds. The molecule has 0 aliphatic heterocycles. The smallest absolute Gasteiger partial charge is 0.369 e. The van der Waals surface area contributed by atoms with Crippen LogP contribution in [-0.2, 0) is 28.7 Å². The number of likely N-dealkylation sites (N-methyl/N-ethyl adjacent to an activating group) is 1. The van der Waals surface area contributed by atoms with Crippen LogP contribution in [0.2, 0.25) is 0 Å². The number of anilines is 1. The van der Waals surface area contributed by atoms with Crippen molar-refractivity contribution in [2.75, 3.05) is 24.6 Å². The van der Waals surface area contributed by atoms with E-state index in [1.807, 2.05) is 71.7 Å². The Hall–Kier alpha value is -2.30. The van der Waals surface area contributed by atoms with E-state index in [1.54, 1.807) is 0 Å². The Balaban J connectivity index is 2.02. The fourth-order valence-electron chi connectivity index (χ4n) is 2.28. The fourth-order valence-corrected chi connectivity index (χ4v) is 2.56. The maximum absolute atomic E-state index is 10.6. The molecular weight excluding hydrogens is 346 g/mol. The molecule has 10 heteroatoms. The summed E-state index contributed by atoms with van der Waals surface area (Å²) in [6.45, 7) is 2.81. The predicted molar refractivity (Wildman–Crippen MR) is 92.6 cm³/mol. The Labute approximate surface area is 147 Å². The van der Waals surface area contributed by atoms with E-state index in [-0.39, 0.29) is 6.61 Å². The number of aryl methyl sites for hydroxylation is 2. The first-order valence-electron chi connectivity index (χ1n) is 7.69. The molecule has 0 spiro atoms. The topological polar surface area (TPSA) is 100 Å². The number of hydrogen-bond donors (Lipinski definition) is 1. The number of nitrogens with zero attached hydrogens (tertiary/aromatic N) is 5. The first kappa shape index (κ1) is 19.0. The van der Waals surface area contributed by atoms with Crippen molar-refractivity contribution < 1.29 is 21.7 Å². The molecule has 136 valence electrons. The molecule has 0 atom stereocenters. The molecule has 0 fully saturated rings. The summed E-state index contributed by atoms with van der Waals surface area (Å²) in [5, 5.41) is 8.45. The minimum absolute atomic E-state index is 0.127. The van der Waals surface area contributed by atoms with E-state index < -0.39 is 10.4 Å². The highest BCUT2D eigenvalue weighted by Crippen LogP contribution is 2.21. The molecule has 0 saturated carbocycles.